The minimum Gasteiger partial charge on any atom is -0.338 e. The molecule has 0 aliphatic rings. The van der Waals surface area contributed by atoms with Crippen LogP contribution in [0.15, 0.2) is 29.2 Å². The monoisotopic (exact) mass is 299 g/mol. The molecule has 2 amide bonds. The molecule has 0 heterocycles. The van der Waals surface area contributed by atoms with Gasteiger partial charge in [0.15, 0.2) is 0 Å². The topological polar surface area (TPSA) is 78.5 Å². The Balaban J connectivity index is 2.37. The highest BCUT2D eigenvalue weighted by Crippen LogP contribution is 2.09. The lowest BCUT2D eigenvalue weighted by atomic mass is 10.2. The minimum absolute atomic E-state index is 0.189. The van der Waals surface area contributed by atoms with Crippen molar-refractivity contribution in [2.24, 2.45) is 0 Å². The fourth-order valence-corrected chi connectivity index (χ4v) is 2.52. The van der Waals surface area contributed by atoms with E-state index in [1.807, 2.05) is 6.92 Å². The van der Waals surface area contributed by atoms with Gasteiger partial charge in [-0.25, -0.2) is 17.9 Å². The normalized spacial score (nSPS) is 11.2. The first-order valence-electron chi connectivity index (χ1n) is 6.34. The Morgan fingerprint density at radius 3 is 2.30 bits per heavy atom. The molecule has 0 spiro atoms. The van der Waals surface area contributed by atoms with Gasteiger partial charge in [-0.15, -0.1) is 0 Å². The SMILES string of the molecule is Cc1ccc(S(=O)(=O)NCCCNC(=O)N(C)C)cc1. The molecule has 2 N–H and O–H groups in total. The van der Waals surface area contributed by atoms with Crippen molar-refractivity contribution in [3.05, 3.63) is 29.8 Å². The Morgan fingerprint density at radius 2 is 1.75 bits per heavy atom. The van der Waals surface area contributed by atoms with Gasteiger partial charge in [0.1, 0.15) is 0 Å². The van der Waals surface area contributed by atoms with E-state index in [0.717, 1.165) is 5.56 Å². The van der Waals surface area contributed by atoms with E-state index in [4.69, 9.17) is 0 Å². The minimum atomic E-state index is -3.47. The molecule has 0 saturated heterocycles. The number of sulfonamides is 1. The molecule has 0 aliphatic carbocycles. The quantitative estimate of drug-likeness (QED) is 0.767. The summed E-state index contributed by atoms with van der Waals surface area (Å²) in [6.45, 7) is 2.61. The van der Waals surface area contributed by atoms with Crippen LogP contribution in [0.4, 0.5) is 4.79 Å². The highest BCUT2D eigenvalue weighted by atomic mass is 32.2. The van der Waals surface area contributed by atoms with E-state index in [0.29, 0.717) is 13.0 Å². The van der Waals surface area contributed by atoms with Crippen LogP contribution in [0.25, 0.3) is 0 Å². The third kappa shape index (κ3) is 5.18. The summed E-state index contributed by atoms with van der Waals surface area (Å²) in [7, 11) is -0.171. The molecule has 0 unspecified atom stereocenters. The first-order valence-corrected chi connectivity index (χ1v) is 7.83. The molecule has 6 nitrogen and oxygen atoms in total. The lowest BCUT2D eigenvalue weighted by Gasteiger charge is -2.12. The third-order valence-corrected chi connectivity index (χ3v) is 4.14. The van der Waals surface area contributed by atoms with Crippen molar-refractivity contribution in [1.82, 2.24) is 14.9 Å². The molecule has 112 valence electrons. The fourth-order valence-electron chi connectivity index (χ4n) is 1.45. The summed E-state index contributed by atoms with van der Waals surface area (Å²) in [5, 5.41) is 2.67. The second kappa shape index (κ2) is 7.25. The maximum Gasteiger partial charge on any atom is 0.316 e. The van der Waals surface area contributed by atoms with Crippen LogP contribution in [-0.2, 0) is 10.0 Å². The lowest BCUT2D eigenvalue weighted by molar-refractivity contribution is 0.217. The average Bonchev–Trinajstić information content (AvgIpc) is 2.38. The zero-order valence-corrected chi connectivity index (χ0v) is 12.8. The Kier molecular flexibility index (Phi) is 5.97. The van der Waals surface area contributed by atoms with Gasteiger partial charge in [0.05, 0.1) is 4.90 Å². The number of aryl methyl sites for hydroxylation is 1. The van der Waals surface area contributed by atoms with E-state index in [2.05, 4.69) is 10.0 Å². The first kappa shape index (κ1) is 16.5. The number of hydrogen-bond acceptors (Lipinski definition) is 3. The van der Waals surface area contributed by atoms with Crippen molar-refractivity contribution in [2.45, 2.75) is 18.2 Å². The first-order chi connectivity index (χ1) is 9.33. The second-order valence-corrected chi connectivity index (χ2v) is 6.46. The van der Waals surface area contributed by atoms with Gasteiger partial charge >= 0.3 is 6.03 Å². The Hall–Kier alpha value is -1.60. The molecule has 0 saturated carbocycles. The van der Waals surface area contributed by atoms with Crippen LogP contribution in [0.3, 0.4) is 0 Å². The van der Waals surface area contributed by atoms with Gasteiger partial charge in [-0.05, 0) is 25.5 Å². The smallest absolute Gasteiger partial charge is 0.316 e. The number of nitrogens with one attached hydrogen (secondary N) is 2. The van der Waals surface area contributed by atoms with Crippen LogP contribution in [0.5, 0.6) is 0 Å². The molecule has 0 atom stereocenters. The zero-order chi connectivity index (χ0) is 15.2. The molecule has 0 aromatic heterocycles. The molecule has 0 radical (unpaired) electrons. The number of carbonyl (C=O) groups is 1. The molecule has 1 aromatic rings. The summed E-state index contributed by atoms with van der Waals surface area (Å²) < 4.78 is 26.4. The molecule has 20 heavy (non-hydrogen) atoms. The standard InChI is InChI=1S/C13H21N3O3S/c1-11-5-7-12(8-6-11)20(18,19)15-10-4-9-14-13(17)16(2)3/h5-8,15H,4,9-10H2,1-3H3,(H,14,17). The summed E-state index contributed by atoms with van der Waals surface area (Å²) in [5.41, 5.74) is 1.01. The molecule has 7 heteroatoms. The van der Waals surface area contributed by atoms with Gasteiger partial charge in [-0.2, -0.15) is 0 Å². The predicted molar refractivity (Wildman–Crippen MR) is 78.1 cm³/mol. The number of urea groups is 1. The van der Waals surface area contributed by atoms with Crippen molar-refractivity contribution < 1.29 is 13.2 Å². The van der Waals surface area contributed by atoms with Gasteiger partial charge < -0.3 is 10.2 Å². The van der Waals surface area contributed by atoms with Gasteiger partial charge in [0.2, 0.25) is 10.0 Å². The van der Waals surface area contributed by atoms with E-state index >= 15 is 0 Å². The summed E-state index contributed by atoms with van der Waals surface area (Å²) in [4.78, 5) is 12.9. The van der Waals surface area contributed by atoms with Crippen molar-refractivity contribution in [1.29, 1.82) is 0 Å². The summed E-state index contributed by atoms with van der Waals surface area (Å²) >= 11 is 0. The molecule has 0 bridgehead atoms. The van der Waals surface area contributed by atoms with E-state index in [9.17, 15) is 13.2 Å². The summed E-state index contributed by atoms with van der Waals surface area (Å²) in [6, 6.07) is 6.47. The number of rotatable bonds is 6. The number of hydrogen-bond donors (Lipinski definition) is 2. The average molecular weight is 299 g/mol. The van der Waals surface area contributed by atoms with Crippen molar-refractivity contribution in [3.63, 3.8) is 0 Å². The van der Waals surface area contributed by atoms with Gasteiger partial charge in [0.25, 0.3) is 0 Å². The zero-order valence-electron chi connectivity index (χ0n) is 12.0. The Bertz CT molecular complexity index is 538. The highest BCUT2D eigenvalue weighted by Gasteiger charge is 2.12. The maximum atomic E-state index is 11.9. The van der Waals surface area contributed by atoms with Crippen molar-refractivity contribution in [3.8, 4) is 0 Å². The predicted octanol–water partition coefficient (Wildman–Crippen LogP) is 0.935. The number of carbonyl (C=O) groups excluding carboxylic acids is 1. The molecular weight excluding hydrogens is 278 g/mol. The van der Waals surface area contributed by atoms with E-state index in [1.165, 1.54) is 4.90 Å². The highest BCUT2D eigenvalue weighted by molar-refractivity contribution is 7.89. The van der Waals surface area contributed by atoms with Crippen molar-refractivity contribution in [2.75, 3.05) is 27.2 Å². The van der Waals surface area contributed by atoms with Crippen molar-refractivity contribution >= 4 is 16.1 Å². The molecule has 1 rings (SSSR count). The fraction of sp³-hybridized carbons (Fsp3) is 0.462. The van der Waals surface area contributed by atoms with Crippen LogP contribution < -0.4 is 10.0 Å². The molecule has 1 aromatic carbocycles. The molecule has 0 fully saturated rings. The third-order valence-electron chi connectivity index (χ3n) is 2.66. The Morgan fingerprint density at radius 1 is 1.15 bits per heavy atom. The number of amides is 2. The van der Waals surface area contributed by atoms with Crippen LogP contribution >= 0.6 is 0 Å². The maximum absolute atomic E-state index is 11.9. The van der Waals surface area contributed by atoms with Crippen LogP contribution in [0.2, 0.25) is 0 Å². The largest absolute Gasteiger partial charge is 0.338 e. The lowest BCUT2D eigenvalue weighted by Crippen LogP contribution is -2.36. The summed E-state index contributed by atoms with van der Waals surface area (Å²) in [5.74, 6) is 0. The van der Waals surface area contributed by atoms with Crippen LogP contribution in [0.1, 0.15) is 12.0 Å². The molecule has 0 aliphatic heterocycles. The summed E-state index contributed by atoms with van der Waals surface area (Å²) in [6.07, 6.45) is 0.532. The van der Waals surface area contributed by atoms with Crippen LogP contribution in [0, 0.1) is 6.92 Å². The second-order valence-electron chi connectivity index (χ2n) is 4.69. The van der Waals surface area contributed by atoms with Crippen LogP contribution in [-0.4, -0.2) is 46.5 Å². The molecular formula is C13H21N3O3S. The number of nitrogens with zero attached hydrogens (tertiary/aromatic N) is 1. The van der Waals surface area contributed by atoms with Gasteiger partial charge in [-0.3, -0.25) is 0 Å². The van der Waals surface area contributed by atoms with Gasteiger partial charge in [0, 0.05) is 27.2 Å². The Labute approximate surface area is 120 Å². The number of benzene rings is 1. The van der Waals surface area contributed by atoms with Gasteiger partial charge in [-0.1, -0.05) is 17.7 Å². The van der Waals surface area contributed by atoms with E-state index in [1.54, 1.807) is 38.4 Å². The van der Waals surface area contributed by atoms with E-state index < -0.39 is 10.0 Å². The van der Waals surface area contributed by atoms with E-state index in [-0.39, 0.29) is 17.5 Å².